The second kappa shape index (κ2) is 5.01. The molecule has 2 atom stereocenters. The van der Waals surface area contributed by atoms with Crippen LogP contribution in [0.1, 0.15) is 30.0 Å². The molecule has 0 saturated heterocycles. The van der Waals surface area contributed by atoms with Crippen LogP contribution >= 0.6 is 11.8 Å². The molecule has 92 valence electrons. The molecule has 0 bridgehead atoms. The number of aliphatic hydroxyl groups is 1. The molecule has 1 aliphatic heterocycles. The Morgan fingerprint density at radius 3 is 3.00 bits per heavy atom. The van der Waals surface area contributed by atoms with Crippen LogP contribution in [0.15, 0.2) is 24.3 Å². The van der Waals surface area contributed by atoms with Gasteiger partial charge in [0.15, 0.2) is 0 Å². The van der Waals surface area contributed by atoms with E-state index in [0.717, 1.165) is 18.1 Å². The van der Waals surface area contributed by atoms with Crippen molar-refractivity contribution in [2.75, 3.05) is 12.3 Å². The maximum atomic E-state index is 9.90. The molecule has 1 aromatic rings. The smallest absolute Gasteiger partial charge is 0.0692 e. The third-order valence-electron chi connectivity index (χ3n) is 3.71. The molecule has 2 unspecified atom stereocenters. The Labute approximate surface area is 107 Å². The summed E-state index contributed by atoms with van der Waals surface area (Å²) in [5, 5.41) is 13.4. The molecular formula is C14H19NOS. The molecule has 1 aromatic carbocycles. The van der Waals surface area contributed by atoms with Crippen molar-refractivity contribution in [3.63, 3.8) is 0 Å². The SMILES string of the molecule is OC(CNC1CSCc2ccccc21)C1CC1. The lowest BCUT2D eigenvalue weighted by atomic mass is 10.0. The summed E-state index contributed by atoms with van der Waals surface area (Å²) in [6, 6.07) is 9.07. The summed E-state index contributed by atoms with van der Waals surface area (Å²) in [7, 11) is 0. The maximum absolute atomic E-state index is 9.90. The highest BCUT2D eigenvalue weighted by molar-refractivity contribution is 7.98. The monoisotopic (exact) mass is 249 g/mol. The van der Waals surface area contributed by atoms with E-state index in [1.54, 1.807) is 0 Å². The third kappa shape index (κ3) is 2.67. The van der Waals surface area contributed by atoms with Gasteiger partial charge in [0.2, 0.25) is 0 Å². The van der Waals surface area contributed by atoms with Crippen LogP contribution in [-0.4, -0.2) is 23.5 Å². The van der Waals surface area contributed by atoms with Crippen molar-refractivity contribution in [3.8, 4) is 0 Å². The second-order valence-corrected chi connectivity index (χ2v) is 6.11. The summed E-state index contributed by atoms with van der Waals surface area (Å²) in [5.74, 6) is 2.81. The first kappa shape index (κ1) is 11.6. The van der Waals surface area contributed by atoms with Crippen LogP contribution in [0.4, 0.5) is 0 Å². The zero-order valence-corrected chi connectivity index (χ0v) is 10.7. The first-order valence-corrected chi connectivity index (χ1v) is 7.57. The molecule has 2 nitrogen and oxygen atoms in total. The standard InChI is InChI=1S/C14H19NOS/c16-14(10-5-6-10)7-15-13-9-17-8-11-3-1-2-4-12(11)13/h1-4,10,13-16H,5-9H2. The normalized spacial score (nSPS) is 25.4. The fourth-order valence-corrected chi connectivity index (χ4v) is 3.60. The van der Waals surface area contributed by atoms with Crippen LogP contribution in [0, 0.1) is 5.92 Å². The lowest BCUT2D eigenvalue weighted by molar-refractivity contribution is 0.145. The fourth-order valence-electron chi connectivity index (χ4n) is 2.46. The van der Waals surface area contributed by atoms with Crippen LogP contribution in [0.3, 0.4) is 0 Å². The van der Waals surface area contributed by atoms with Crippen molar-refractivity contribution in [1.82, 2.24) is 5.32 Å². The lowest BCUT2D eigenvalue weighted by Crippen LogP contribution is -2.34. The minimum atomic E-state index is -0.144. The Morgan fingerprint density at radius 2 is 2.18 bits per heavy atom. The number of hydrogen-bond acceptors (Lipinski definition) is 3. The van der Waals surface area contributed by atoms with Gasteiger partial charge in [-0.3, -0.25) is 0 Å². The number of fused-ring (bicyclic) bond motifs is 1. The molecule has 0 radical (unpaired) electrons. The minimum absolute atomic E-state index is 0.144. The molecular weight excluding hydrogens is 230 g/mol. The summed E-state index contributed by atoms with van der Waals surface area (Å²) >= 11 is 1.98. The van der Waals surface area contributed by atoms with Crippen LogP contribution < -0.4 is 5.32 Å². The Morgan fingerprint density at radius 1 is 1.35 bits per heavy atom. The van der Waals surface area contributed by atoms with E-state index in [2.05, 4.69) is 29.6 Å². The van der Waals surface area contributed by atoms with E-state index in [1.807, 2.05) is 11.8 Å². The average molecular weight is 249 g/mol. The van der Waals surface area contributed by atoms with Gasteiger partial charge >= 0.3 is 0 Å². The fraction of sp³-hybridized carbons (Fsp3) is 0.571. The van der Waals surface area contributed by atoms with Crippen molar-refractivity contribution >= 4 is 11.8 Å². The van der Waals surface area contributed by atoms with E-state index in [0.29, 0.717) is 12.0 Å². The molecule has 1 aliphatic carbocycles. The number of thioether (sulfide) groups is 1. The average Bonchev–Trinajstić information content (AvgIpc) is 3.20. The van der Waals surface area contributed by atoms with Crippen LogP contribution in [0.25, 0.3) is 0 Å². The predicted octanol–water partition coefficient (Wildman–Crippen LogP) is 2.33. The zero-order valence-electron chi connectivity index (χ0n) is 9.93. The maximum Gasteiger partial charge on any atom is 0.0692 e. The highest BCUT2D eigenvalue weighted by Crippen LogP contribution is 2.34. The molecule has 3 heteroatoms. The quantitative estimate of drug-likeness (QED) is 0.859. The van der Waals surface area contributed by atoms with Gasteiger partial charge in [0.25, 0.3) is 0 Å². The van der Waals surface area contributed by atoms with E-state index >= 15 is 0 Å². The van der Waals surface area contributed by atoms with Crippen molar-refractivity contribution in [2.24, 2.45) is 5.92 Å². The zero-order chi connectivity index (χ0) is 11.7. The molecule has 2 N–H and O–H groups in total. The molecule has 0 amide bonds. The highest BCUT2D eigenvalue weighted by atomic mass is 32.2. The van der Waals surface area contributed by atoms with E-state index in [9.17, 15) is 5.11 Å². The van der Waals surface area contributed by atoms with E-state index in [4.69, 9.17) is 0 Å². The van der Waals surface area contributed by atoms with Gasteiger partial charge in [0.05, 0.1) is 6.10 Å². The van der Waals surface area contributed by atoms with Gasteiger partial charge in [0.1, 0.15) is 0 Å². The molecule has 1 fully saturated rings. The summed E-state index contributed by atoms with van der Waals surface area (Å²) in [5.41, 5.74) is 2.87. The number of hydrogen-bond donors (Lipinski definition) is 2. The Bertz CT molecular complexity index is 392. The second-order valence-electron chi connectivity index (χ2n) is 5.08. The minimum Gasteiger partial charge on any atom is -0.392 e. The number of nitrogens with one attached hydrogen (secondary N) is 1. The van der Waals surface area contributed by atoms with Crippen LogP contribution in [0.2, 0.25) is 0 Å². The summed E-state index contributed by atoms with van der Waals surface area (Å²) in [6.45, 7) is 0.740. The van der Waals surface area contributed by atoms with Crippen molar-refractivity contribution < 1.29 is 5.11 Å². The summed E-state index contributed by atoms with van der Waals surface area (Å²) in [6.07, 6.45) is 2.27. The Balaban J connectivity index is 1.63. The molecule has 1 saturated carbocycles. The van der Waals surface area contributed by atoms with Crippen LogP contribution in [-0.2, 0) is 5.75 Å². The first-order valence-electron chi connectivity index (χ1n) is 6.41. The summed E-state index contributed by atoms with van der Waals surface area (Å²) < 4.78 is 0. The molecule has 2 aliphatic rings. The van der Waals surface area contributed by atoms with E-state index in [-0.39, 0.29) is 6.10 Å². The molecule has 0 spiro atoms. The lowest BCUT2D eigenvalue weighted by Gasteiger charge is -2.27. The van der Waals surface area contributed by atoms with Gasteiger partial charge in [-0.05, 0) is 29.9 Å². The topological polar surface area (TPSA) is 32.3 Å². The largest absolute Gasteiger partial charge is 0.392 e. The molecule has 0 aromatic heterocycles. The van der Waals surface area contributed by atoms with Gasteiger partial charge in [-0.2, -0.15) is 11.8 Å². The van der Waals surface area contributed by atoms with Crippen molar-refractivity contribution in [1.29, 1.82) is 0 Å². The molecule has 3 rings (SSSR count). The Kier molecular flexibility index (Phi) is 3.41. The number of rotatable bonds is 4. The Hall–Kier alpha value is -0.510. The molecule has 17 heavy (non-hydrogen) atoms. The van der Waals surface area contributed by atoms with Gasteiger partial charge in [-0.25, -0.2) is 0 Å². The predicted molar refractivity (Wildman–Crippen MR) is 72.1 cm³/mol. The number of aliphatic hydroxyl groups excluding tert-OH is 1. The van der Waals surface area contributed by atoms with Gasteiger partial charge < -0.3 is 10.4 Å². The van der Waals surface area contributed by atoms with Gasteiger partial charge in [-0.15, -0.1) is 0 Å². The highest BCUT2D eigenvalue weighted by Gasteiger charge is 2.30. The van der Waals surface area contributed by atoms with E-state index in [1.165, 1.54) is 24.0 Å². The van der Waals surface area contributed by atoms with E-state index < -0.39 is 0 Å². The number of benzene rings is 1. The van der Waals surface area contributed by atoms with Crippen molar-refractivity contribution in [2.45, 2.75) is 30.7 Å². The van der Waals surface area contributed by atoms with Crippen molar-refractivity contribution in [3.05, 3.63) is 35.4 Å². The van der Waals surface area contributed by atoms with Gasteiger partial charge in [0, 0.05) is 24.1 Å². The van der Waals surface area contributed by atoms with Crippen LogP contribution in [0.5, 0.6) is 0 Å². The van der Waals surface area contributed by atoms with Gasteiger partial charge in [-0.1, -0.05) is 24.3 Å². The first-order chi connectivity index (χ1) is 8.34. The summed E-state index contributed by atoms with van der Waals surface area (Å²) in [4.78, 5) is 0. The molecule has 1 heterocycles. The third-order valence-corrected chi connectivity index (χ3v) is 4.80.